The summed E-state index contributed by atoms with van der Waals surface area (Å²) in [6.07, 6.45) is 2.05. The van der Waals surface area contributed by atoms with Gasteiger partial charge in [-0.3, -0.25) is 0 Å². The number of pyridine rings is 1. The quantitative estimate of drug-likeness (QED) is 0.905. The predicted molar refractivity (Wildman–Crippen MR) is 60.7 cm³/mol. The van der Waals surface area contributed by atoms with E-state index in [4.69, 9.17) is 0 Å². The van der Waals surface area contributed by atoms with Crippen LogP contribution >= 0.6 is 15.9 Å². The monoisotopic (exact) mass is 269 g/mol. The van der Waals surface area contributed by atoms with Gasteiger partial charge in [0.2, 0.25) is 0 Å². The summed E-state index contributed by atoms with van der Waals surface area (Å²) in [6.45, 7) is 3.55. The molecule has 80 valence electrons. The number of nitrogens with zero attached hydrogens (tertiary/aromatic N) is 3. The molecule has 0 spiro atoms. The molecule has 0 aliphatic carbocycles. The van der Waals surface area contributed by atoms with Crippen LogP contribution < -0.4 is 0 Å². The van der Waals surface area contributed by atoms with Crippen molar-refractivity contribution >= 4 is 21.6 Å². The van der Waals surface area contributed by atoms with Crippen molar-refractivity contribution in [2.75, 3.05) is 0 Å². The molecule has 0 fully saturated rings. The van der Waals surface area contributed by atoms with Gasteiger partial charge in [0.05, 0.1) is 10.1 Å². The Hall–Kier alpha value is -0.940. The van der Waals surface area contributed by atoms with Crippen molar-refractivity contribution in [2.24, 2.45) is 0 Å². The fourth-order valence-electron chi connectivity index (χ4n) is 1.51. The third kappa shape index (κ3) is 2.18. The van der Waals surface area contributed by atoms with Crippen LogP contribution in [0.4, 0.5) is 0 Å². The molecule has 0 aliphatic heterocycles. The van der Waals surface area contributed by atoms with E-state index in [9.17, 15) is 5.11 Å². The van der Waals surface area contributed by atoms with Crippen LogP contribution in [0.3, 0.4) is 0 Å². The van der Waals surface area contributed by atoms with Crippen molar-refractivity contribution in [2.45, 2.75) is 25.9 Å². The normalized spacial score (nSPS) is 12.3. The average molecular weight is 270 g/mol. The van der Waals surface area contributed by atoms with E-state index in [-0.39, 0.29) is 0 Å². The van der Waals surface area contributed by atoms with Crippen molar-refractivity contribution in [1.29, 1.82) is 0 Å². The van der Waals surface area contributed by atoms with Crippen molar-refractivity contribution in [3.05, 3.63) is 28.6 Å². The van der Waals surface area contributed by atoms with Crippen LogP contribution in [-0.4, -0.2) is 25.3 Å². The molecule has 2 aromatic heterocycles. The van der Waals surface area contributed by atoms with Gasteiger partial charge in [-0.25, -0.2) is 9.50 Å². The SMILES string of the molecule is CC(C)(O)Cc1ccc(Br)c2ncnn12. The molecular weight excluding hydrogens is 258 g/mol. The smallest absolute Gasteiger partial charge is 0.169 e. The Morgan fingerprint density at radius 3 is 2.87 bits per heavy atom. The molecule has 0 saturated carbocycles. The summed E-state index contributed by atoms with van der Waals surface area (Å²) in [5, 5.41) is 13.9. The Morgan fingerprint density at radius 2 is 2.20 bits per heavy atom. The second kappa shape index (κ2) is 3.57. The second-order valence-corrected chi connectivity index (χ2v) is 5.01. The molecule has 2 aromatic rings. The maximum absolute atomic E-state index is 9.76. The Kier molecular flexibility index (Phi) is 2.52. The summed E-state index contributed by atoms with van der Waals surface area (Å²) in [4.78, 5) is 4.13. The van der Waals surface area contributed by atoms with Crippen molar-refractivity contribution in [1.82, 2.24) is 14.6 Å². The molecule has 0 unspecified atom stereocenters. The van der Waals surface area contributed by atoms with E-state index in [1.807, 2.05) is 12.1 Å². The highest BCUT2D eigenvalue weighted by Gasteiger charge is 2.16. The van der Waals surface area contributed by atoms with E-state index in [0.29, 0.717) is 6.42 Å². The summed E-state index contributed by atoms with van der Waals surface area (Å²) >= 11 is 3.40. The standard InChI is InChI=1S/C10H12BrN3O/c1-10(2,15)5-7-3-4-8(11)9-12-6-13-14(7)9/h3-4,6,15H,5H2,1-2H3. The minimum Gasteiger partial charge on any atom is -0.390 e. The minimum absolute atomic E-state index is 0.542. The van der Waals surface area contributed by atoms with Gasteiger partial charge in [0.25, 0.3) is 0 Å². The van der Waals surface area contributed by atoms with E-state index in [1.165, 1.54) is 6.33 Å². The van der Waals surface area contributed by atoms with Gasteiger partial charge in [0.15, 0.2) is 5.65 Å². The molecule has 2 heterocycles. The van der Waals surface area contributed by atoms with Crippen LogP contribution in [0.15, 0.2) is 22.9 Å². The number of aliphatic hydroxyl groups is 1. The van der Waals surface area contributed by atoms with Crippen molar-refractivity contribution in [3.63, 3.8) is 0 Å². The highest BCUT2D eigenvalue weighted by molar-refractivity contribution is 9.10. The van der Waals surface area contributed by atoms with Crippen LogP contribution in [0, 0.1) is 0 Å². The zero-order valence-electron chi connectivity index (χ0n) is 8.61. The summed E-state index contributed by atoms with van der Waals surface area (Å²) < 4.78 is 2.64. The van der Waals surface area contributed by atoms with Crippen molar-refractivity contribution in [3.8, 4) is 0 Å². The maximum Gasteiger partial charge on any atom is 0.169 e. The molecule has 5 heteroatoms. The van der Waals surface area contributed by atoms with Crippen LogP contribution in [0.5, 0.6) is 0 Å². The number of fused-ring (bicyclic) bond motifs is 1. The van der Waals surface area contributed by atoms with Crippen molar-refractivity contribution < 1.29 is 5.11 Å². The molecule has 0 aromatic carbocycles. The lowest BCUT2D eigenvalue weighted by molar-refractivity contribution is 0.0794. The lowest BCUT2D eigenvalue weighted by atomic mass is 10.0. The first-order valence-corrected chi connectivity index (χ1v) is 5.46. The zero-order chi connectivity index (χ0) is 11.1. The number of aromatic nitrogens is 3. The van der Waals surface area contributed by atoms with E-state index >= 15 is 0 Å². The van der Waals surface area contributed by atoms with Gasteiger partial charge >= 0.3 is 0 Å². The van der Waals surface area contributed by atoms with Crippen LogP contribution in [0.1, 0.15) is 19.5 Å². The second-order valence-electron chi connectivity index (χ2n) is 4.16. The Bertz CT molecular complexity index is 487. The fourth-order valence-corrected chi connectivity index (χ4v) is 1.91. The summed E-state index contributed by atoms with van der Waals surface area (Å²) in [6, 6.07) is 3.86. The van der Waals surface area contributed by atoms with E-state index < -0.39 is 5.60 Å². The third-order valence-electron chi connectivity index (χ3n) is 2.07. The van der Waals surface area contributed by atoms with Gasteiger partial charge in [0, 0.05) is 12.1 Å². The van der Waals surface area contributed by atoms with Gasteiger partial charge in [-0.15, -0.1) is 0 Å². The summed E-state index contributed by atoms with van der Waals surface area (Å²) in [5.74, 6) is 0. The first kappa shape index (κ1) is 10.6. The van der Waals surface area contributed by atoms with Crippen LogP contribution in [0.2, 0.25) is 0 Å². The van der Waals surface area contributed by atoms with E-state index in [2.05, 4.69) is 26.0 Å². The van der Waals surface area contributed by atoms with Gasteiger partial charge in [0.1, 0.15) is 6.33 Å². The first-order valence-electron chi connectivity index (χ1n) is 4.67. The van der Waals surface area contributed by atoms with Gasteiger partial charge in [-0.1, -0.05) is 0 Å². The fraction of sp³-hybridized carbons (Fsp3) is 0.400. The maximum atomic E-state index is 9.76. The predicted octanol–water partition coefficient (Wildman–Crippen LogP) is 1.81. The number of hydrogen-bond donors (Lipinski definition) is 1. The number of halogens is 1. The molecule has 0 bridgehead atoms. The highest BCUT2D eigenvalue weighted by Crippen LogP contribution is 2.19. The average Bonchev–Trinajstić information content (AvgIpc) is 2.57. The molecule has 0 aliphatic rings. The molecule has 15 heavy (non-hydrogen) atoms. The molecule has 2 rings (SSSR count). The lowest BCUT2D eigenvalue weighted by Gasteiger charge is -2.17. The van der Waals surface area contributed by atoms with E-state index in [1.54, 1.807) is 18.4 Å². The Balaban J connectivity index is 2.53. The largest absolute Gasteiger partial charge is 0.390 e. The molecule has 0 atom stereocenters. The van der Waals surface area contributed by atoms with Gasteiger partial charge in [-0.2, -0.15) is 5.10 Å². The van der Waals surface area contributed by atoms with Gasteiger partial charge < -0.3 is 5.11 Å². The molecule has 4 nitrogen and oxygen atoms in total. The summed E-state index contributed by atoms with van der Waals surface area (Å²) in [5.41, 5.74) is 0.974. The van der Waals surface area contributed by atoms with Crippen LogP contribution in [-0.2, 0) is 6.42 Å². The minimum atomic E-state index is -0.743. The zero-order valence-corrected chi connectivity index (χ0v) is 10.2. The number of rotatable bonds is 2. The highest BCUT2D eigenvalue weighted by atomic mass is 79.9. The first-order chi connectivity index (χ1) is 6.97. The lowest BCUT2D eigenvalue weighted by Crippen LogP contribution is -2.23. The Labute approximate surface area is 96.1 Å². The topological polar surface area (TPSA) is 50.4 Å². The molecule has 0 amide bonds. The Morgan fingerprint density at radius 1 is 1.47 bits per heavy atom. The van der Waals surface area contributed by atoms with E-state index in [0.717, 1.165) is 15.8 Å². The number of hydrogen-bond acceptors (Lipinski definition) is 3. The molecule has 0 radical (unpaired) electrons. The van der Waals surface area contributed by atoms with Crippen LogP contribution in [0.25, 0.3) is 5.65 Å². The third-order valence-corrected chi connectivity index (χ3v) is 2.69. The molecule has 0 saturated heterocycles. The molecular formula is C10H12BrN3O. The summed E-state index contributed by atoms with van der Waals surface area (Å²) in [7, 11) is 0. The molecule has 1 N–H and O–H groups in total. The van der Waals surface area contributed by atoms with Gasteiger partial charge in [-0.05, 0) is 41.9 Å².